The van der Waals surface area contributed by atoms with Gasteiger partial charge in [0.1, 0.15) is 5.52 Å². The van der Waals surface area contributed by atoms with Crippen LogP contribution in [0.2, 0.25) is 0 Å². The smallest absolute Gasteiger partial charge is 0.228 e. The monoisotopic (exact) mass is 585 g/mol. The molecule has 230 valence electrons. The van der Waals surface area contributed by atoms with Crippen LogP contribution in [0.3, 0.4) is 0 Å². The standard InChI is InChI=1S/C34H47N7O2/c1-23(2)40-22-36-30-21-29(38-34(33(30)40)37-26-10-16-43-17-11-26)25-7-6-24-8-12-35-13-9-32(42)41(31(24)18-25)28-19-27(20-28)39-14-4-3-5-15-39/h6-7,18,21-23,26-28,35H,3-5,8-17,19-20H2,1-2H3,(H,37,38). The number of imidazole rings is 1. The van der Waals surface area contributed by atoms with Crippen LogP contribution < -0.4 is 15.5 Å². The molecular formula is C34H47N7O2. The van der Waals surface area contributed by atoms with Gasteiger partial charge in [-0.3, -0.25) is 4.79 Å². The molecular weight excluding hydrogens is 538 g/mol. The quantitative estimate of drug-likeness (QED) is 0.414. The second-order valence-electron chi connectivity index (χ2n) is 13.2. The number of fused-ring (bicyclic) bond motifs is 2. The van der Waals surface area contributed by atoms with Crippen molar-refractivity contribution in [2.75, 3.05) is 49.6 Å². The van der Waals surface area contributed by atoms with Gasteiger partial charge in [-0.1, -0.05) is 18.6 Å². The van der Waals surface area contributed by atoms with Gasteiger partial charge in [-0.2, -0.15) is 0 Å². The van der Waals surface area contributed by atoms with E-state index in [0.717, 1.165) is 92.2 Å². The van der Waals surface area contributed by atoms with Crippen LogP contribution in [0.15, 0.2) is 30.6 Å². The number of aromatic nitrogens is 3. The summed E-state index contributed by atoms with van der Waals surface area (Å²) >= 11 is 0. The van der Waals surface area contributed by atoms with Crippen LogP contribution in [-0.4, -0.2) is 82.9 Å². The Kier molecular flexibility index (Phi) is 8.38. The molecule has 3 aliphatic heterocycles. The fourth-order valence-electron chi connectivity index (χ4n) is 7.44. The second-order valence-corrected chi connectivity index (χ2v) is 13.2. The highest BCUT2D eigenvalue weighted by Crippen LogP contribution is 2.39. The van der Waals surface area contributed by atoms with Gasteiger partial charge in [-0.15, -0.1) is 0 Å². The van der Waals surface area contributed by atoms with Crippen LogP contribution in [0, 0.1) is 0 Å². The molecule has 0 atom stereocenters. The molecule has 0 unspecified atom stereocenters. The maximum Gasteiger partial charge on any atom is 0.228 e. The van der Waals surface area contributed by atoms with E-state index in [4.69, 9.17) is 14.7 Å². The first-order chi connectivity index (χ1) is 21.0. The first kappa shape index (κ1) is 28.7. The third-order valence-corrected chi connectivity index (χ3v) is 10.0. The Balaban J connectivity index is 1.25. The molecule has 4 aliphatic rings. The second kappa shape index (κ2) is 12.5. The van der Waals surface area contributed by atoms with E-state index in [1.165, 1.54) is 37.9 Å². The predicted octanol–water partition coefficient (Wildman–Crippen LogP) is 5.16. The normalized spacial score (nSPS) is 24.3. The molecule has 0 bridgehead atoms. The zero-order valence-corrected chi connectivity index (χ0v) is 25.9. The summed E-state index contributed by atoms with van der Waals surface area (Å²) < 4.78 is 7.83. The number of carbonyl (C=O) groups excluding carboxylic acids is 1. The number of benzene rings is 1. The Morgan fingerprint density at radius 1 is 1.00 bits per heavy atom. The summed E-state index contributed by atoms with van der Waals surface area (Å²) in [5, 5.41) is 7.25. The summed E-state index contributed by atoms with van der Waals surface area (Å²) in [7, 11) is 0. The Morgan fingerprint density at radius 2 is 1.79 bits per heavy atom. The Labute approximate surface area is 255 Å². The molecule has 1 aliphatic carbocycles. The fourth-order valence-corrected chi connectivity index (χ4v) is 7.44. The molecule has 0 spiro atoms. The number of likely N-dealkylation sites (tertiary alicyclic amines) is 1. The molecule has 0 radical (unpaired) electrons. The first-order valence-corrected chi connectivity index (χ1v) is 16.7. The van der Waals surface area contributed by atoms with Gasteiger partial charge in [0, 0.05) is 61.6 Å². The molecule has 9 nitrogen and oxygen atoms in total. The van der Waals surface area contributed by atoms with E-state index in [1.54, 1.807) is 0 Å². The van der Waals surface area contributed by atoms with Crippen LogP contribution in [-0.2, 0) is 16.0 Å². The van der Waals surface area contributed by atoms with Gasteiger partial charge in [-0.05, 0) is 96.1 Å². The van der Waals surface area contributed by atoms with Crippen LogP contribution in [0.5, 0.6) is 0 Å². The van der Waals surface area contributed by atoms with E-state index in [1.807, 2.05) is 6.33 Å². The van der Waals surface area contributed by atoms with E-state index in [-0.39, 0.29) is 18.0 Å². The van der Waals surface area contributed by atoms with Crippen molar-refractivity contribution in [3.63, 3.8) is 0 Å². The van der Waals surface area contributed by atoms with Crippen LogP contribution >= 0.6 is 0 Å². The summed E-state index contributed by atoms with van der Waals surface area (Å²) in [5.74, 6) is 1.12. The number of nitrogens with one attached hydrogen (secondary N) is 2. The molecule has 5 heterocycles. The lowest BCUT2D eigenvalue weighted by Crippen LogP contribution is -2.57. The summed E-state index contributed by atoms with van der Waals surface area (Å²) in [6, 6.07) is 10.2. The van der Waals surface area contributed by atoms with Crippen molar-refractivity contribution in [2.45, 2.75) is 95.8 Å². The van der Waals surface area contributed by atoms with Gasteiger partial charge >= 0.3 is 0 Å². The lowest BCUT2D eigenvalue weighted by atomic mass is 9.82. The lowest BCUT2D eigenvalue weighted by Gasteiger charge is -2.49. The number of carbonyl (C=O) groups is 1. The maximum atomic E-state index is 13.8. The van der Waals surface area contributed by atoms with Crippen molar-refractivity contribution in [1.29, 1.82) is 0 Å². The van der Waals surface area contributed by atoms with Crippen molar-refractivity contribution in [3.05, 3.63) is 36.2 Å². The van der Waals surface area contributed by atoms with Crippen molar-refractivity contribution in [1.82, 2.24) is 24.8 Å². The van der Waals surface area contributed by atoms with Crippen LogP contribution in [0.4, 0.5) is 11.5 Å². The van der Waals surface area contributed by atoms with Gasteiger partial charge < -0.3 is 29.7 Å². The number of amides is 1. The van der Waals surface area contributed by atoms with E-state index in [9.17, 15) is 4.79 Å². The highest BCUT2D eigenvalue weighted by molar-refractivity contribution is 5.96. The van der Waals surface area contributed by atoms with Crippen molar-refractivity contribution < 1.29 is 9.53 Å². The SMILES string of the molecule is CC(C)n1cnc2cc(-c3ccc4c(c3)N(C3CC(N5CCCCC5)C3)C(=O)CCNCC4)nc(NC3CCOCC3)c21. The van der Waals surface area contributed by atoms with Crippen molar-refractivity contribution in [3.8, 4) is 11.3 Å². The Morgan fingerprint density at radius 3 is 2.58 bits per heavy atom. The highest BCUT2D eigenvalue weighted by atomic mass is 16.5. The summed E-state index contributed by atoms with van der Waals surface area (Å²) in [5.41, 5.74) is 6.22. The highest BCUT2D eigenvalue weighted by Gasteiger charge is 2.40. The first-order valence-electron chi connectivity index (χ1n) is 16.7. The third-order valence-electron chi connectivity index (χ3n) is 10.0. The zero-order valence-electron chi connectivity index (χ0n) is 25.9. The third kappa shape index (κ3) is 5.91. The molecule has 1 aromatic carbocycles. The molecule has 1 saturated carbocycles. The number of anilines is 2. The van der Waals surface area contributed by atoms with Crippen molar-refractivity contribution >= 4 is 28.4 Å². The molecule has 3 aromatic rings. The summed E-state index contributed by atoms with van der Waals surface area (Å²) in [6.45, 7) is 9.94. The van der Waals surface area contributed by atoms with E-state index in [0.29, 0.717) is 18.5 Å². The maximum absolute atomic E-state index is 13.8. The Bertz CT molecular complexity index is 1430. The largest absolute Gasteiger partial charge is 0.381 e. The van der Waals surface area contributed by atoms with Gasteiger partial charge in [0.05, 0.1) is 17.5 Å². The van der Waals surface area contributed by atoms with E-state index in [2.05, 4.69) is 63.1 Å². The number of pyridine rings is 1. The number of hydrogen-bond donors (Lipinski definition) is 2. The van der Waals surface area contributed by atoms with E-state index < -0.39 is 0 Å². The minimum Gasteiger partial charge on any atom is -0.381 e. The molecule has 9 heteroatoms. The molecule has 3 fully saturated rings. The number of nitrogens with zero attached hydrogens (tertiary/aromatic N) is 5. The minimum atomic E-state index is 0.232. The minimum absolute atomic E-state index is 0.232. The van der Waals surface area contributed by atoms with Gasteiger partial charge in [-0.25, -0.2) is 9.97 Å². The van der Waals surface area contributed by atoms with Crippen molar-refractivity contribution in [2.24, 2.45) is 0 Å². The summed E-state index contributed by atoms with van der Waals surface area (Å²) in [4.78, 5) is 28.7. The average Bonchev–Trinajstić information content (AvgIpc) is 3.46. The molecule has 2 aromatic heterocycles. The molecule has 43 heavy (non-hydrogen) atoms. The fraction of sp³-hybridized carbons (Fsp3) is 0.618. The van der Waals surface area contributed by atoms with Gasteiger partial charge in [0.25, 0.3) is 0 Å². The van der Waals surface area contributed by atoms with Crippen LogP contribution in [0.1, 0.15) is 76.8 Å². The van der Waals surface area contributed by atoms with Gasteiger partial charge in [0.2, 0.25) is 5.91 Å². The molecule has 2 saturated heterocycles. The molecule has 1 amide bonds. The predicted molar refractivity (Wildman–Crippen MR) is 172 cm³/mol. The molecule has 7 rings (SSSR count). The number of ether oxygens (including phenoxy) is 1. The number of piperidine rings is 1. The van der Waals surface area contributed by atoms with E-state index >= 15 is 0 Å². The summed E-state index contributed by atoms with van der Waals surface area (Å²) in [6.07, 6.45) is 11.4. The molecule has 2 N–H and O–H groups in total. The number of hydrogen-bond acceptors (Lipinski definition) is 7. The lowest BCUT2D eigenvalue weighted by molar-refractivity contribution is -0.119. The Hall–Kier alpha value is -3.01. The van der Waals surface area contributed by atoms with Crippen LogP contribution in [0.25, 0.3) is 22.3 Å². The number of rotatable bonds is 6. The average molecular weight is 586 g/mol. The zero-order chi connectivity index (χ0) is 29.3. The topological polar surface area (TPSA) is 87.6 Å². The van der Waals surface area contributed by atoms with Gasteiger partial charge in [0.15, 0.2) is 5.82 Å².